The molecule has 1 heterocycles. The van der Waals surface area contributed by atoms with Crippen molar-refractivity contribution in [2.45, 2.75) is 19.5 Å². The molecule has 0 saturated carbocycles. The Bertz CT molecular complexity index is 416. The van der Waals surface area contributed by atoms with Crippen molar-refractivity contribution >= 4 is 12.6 Å². The first-order valence-electron chi connectivity index (χ1n) is 6.04. The zero-order valence-electron chi connectivity index (χ0n) is 10.3. The van der Waals surface area contributed by atoms with Gasteiger partial charge in [0.1, 0.15) is 5.82 Å². The fraction of sp³-hybridized carbons (Fsp3) is 0.500. The lowest BCUT2D eigenvalue weighted by Crippen LogP contribution is -2.43. The van der Waals surface area contributed by atoms with Crippen LogP contribution in [0.2, 0.25) is 0 Å². The fourth-order valence-electron chi connectivity index (χ4n) is 2.07. The van der Waals surface area contributed by atoms with Crippen LogP contribution in [0.5, 0.6) is 0 Å². The number of nitrogens with zero attached hydrogens (tertiary/aromatic N) is 1. The van der Waals surface area contributed by atoms with Crippen molar-refractivity contribution in [3.8, 4) is 0 Å². The number of benzene rings is 1. The summed E-state index contributed by atoms with van der Waals surface area (Å²) in [5.74, 6) is -0.403. The topological polar surface area (TPSA) is 52.9 Å². The number of hydrogen-bond acceptors (Lipinski definition) is 4. The highest BCUT2D eigenvalue weighted by Gasteiger charge is 2.20. The molecule has 1 atom stereocenters. The van der Waals surface area contributed by atoms with Gasteiger partial charge in [0, 0.05) is 24.7 Å². The highest BCUT2D eigenvalue weighted by atomic mass is 19.1. The Balaban J connectivity index is 2.09. The van der Waals surface area contributed by atoms with Crippen LogP contribution in [-0.4, -0.2) is 47.9 Å². The monoisotopic (exact) mass is 253 g/mol. The predicted molar refractivity (Wildman–Crippen MR) is 66.9 cm³/mol. The first kappa shape index (κ1) is 13.5. The molecule has 2 N–H and O–H groups in total. The molecule has 0 bridgehead atoms. The van der Waals surface area contributed by atoms with Crippen LogP contribution in [0, 0.1) is 5.82 Å². The average molecular weight is 253 g/mol. The van der Waals surface area contributed by atoms with E-state index in [1.807, 2.05) is 6.92 Å². The lowest BCUT2D eigenvalue weighted by atomic mass is 9.80. The molecular weight excluding hydrogens is 236 g/mol. The second kappa shape index (κ2) is 5.80. The summed E-state index contributed by atoms with van der Waals surface area (Å²) in [6.07, 6.45) is 0. The van der Waals surface area contributed by atoms with Gasteiger partial charge < -0.3 is 14.8 Å². The van der Waals surface area contributed by atoms with E-state index < -0.39 is 12.9 Å². The second-order valence-electron chi connectivity index (χ2n) is 4.62. The van der Waals surface area contributed by atoms with Gasteiger partial charge in [-0.3, -0.25) is 4.90 Å². The number of ether oxygens (including phenoxy) is 1. The van der Waals surface area contributed by atoms with Gasteiger partial charge in [-0.05, 0) is 18.5 Å². The smallest absolute Gasteiger partial charge is 0.423 e. The summed E-state index contributed by atoms with van der Waals surface area (Å²) < 4.78 is 19.1. The van der Waals surface area contributed by atoms with Gasteiger partial charge in [-0.2, -0.15) is 0 Å². The van der Waals surface area contributed by atoms with E-state index in [0.717, 1.165) is 6.54 Å². The van der Waals surface area contributed by atoms with Gasteiger partial charge in [-0.25, -0.2) is 4.39 Å². The molecule has 18 heavy (non-hydrogen) atoms. The molecule has 2 rings (SSSR count). The van der Waals surface area contributed by atoms with Gasteiger partial charge in [-0.1, -0.05) is 12.1 Å². The van der Waals surface area contributed by atoms with E-state index in [1.165, 1.54) is 12.1 Å². The van der Waals surface area contributed by atoms with Crippen LogP contribution < -0.4 is 5.46 Å². The van der Waals surface area contributed by atoms with Gasteiger partial charge in [-0.15, -0.1) is 0 Å². The van der Waals surface area contributed by atoms with Crippen LogP contribution in [0.3, 0.4) is 0 Å². The van der Waals surface area contributed by atoms with Gasteiger partial charge in [0.25, 0.3) is 0 Å². The summed E-state index contributed by atoms with van der Waals surface area (Å²) in [4.78, 5) is 2.15. The molecular formula is C12H17BFNO3. The molecule has 1 aromatic rings. The van der Waals surface area contributed by atoms with Crippen molar-refractivity contribution in [2.75, 3.05) is 19.8 Å². The van der Waals surface area contributed by atoms with E-state index in [9.17, 15) is 4.39 Å². The van der Waals surface area contributed by atoms with E-state index in [2.05, 4.69) is 4.90 Å². The summed E-state index contributed by atoms with van der Waals surface area (Å²) in [7, 11) is -1.63. The maximum atomic E-state index is 13.8. The van der Waals surface area contributed by atoms with Crippen molar-refractivity contribution in [3.05, 3.63) is 29.6 Å². The first-order chi connectivity index (χ1) is 8.58. The van der Waals surface area contributed by atoms with E-state index in [0.29, 0.717) is 25.3 Å². The average Bonchev–Trinajstić information content (AvgIpc) is 2.34. The molecule has 1 saturated heterocycles. The van der Waals surface area contributed by atoms with Crippen LogP contribution in [0.25, 0.3) is 0 Å². The lowest BCUT2D eigenvalue weighted by Gasteiger charge is -2.33. The number of halogens is 1. The molecule has 0 radical (unpaired) electrons. The van der Waals surface area contributed by atoms with Crippen molar-refractivity contribution in [3.63, 3.8) is 0 Å². The minimum atomic E-state index is -1.63. The molecule has 1 aliphatic rings. The molecule has 1 unspecified atom stereocenters. The highest BCUT2D eigenvalue weighted by Crippen LogP contribution is 2.14. The van der Waals surface area contributed by atoms with E-state index in [1.54, 1.807) is 6.07 Å². The normalized spacial score (nSPS) is 21.0. The van der Waals surface area contributed by atoms with Gasteiger partial charge in [0.15, 0.2) is 0 Å². The standard InChI is InChI=1S/C12H17BFNO3/c1-9-8-18-5-4-15(9)7-10-2-3-11(13(16)17)6-12(10)14/h2-3,6,9,16-17H,4-5,7-8H2,1H3. The van der Waals surface area contributed by atoms with Crippen molar-refractivity contribution < 1.29 is 19.2 Å². The van der Waals surface area contributed by atoms with E-state index in [-0.39, 0.29) is 11.5 Å². The molecule has 98 valence electrons. The fourth-order valence-corrected chi connectivity index (χ4v) is 2.07. The molecule has 0 amide bonds. The maximum absolute atomic E-state index is 13.8. The summed E-state index contributed by atoms with van der Waals surface area (Å²) >= 11 is 0. The number of hydrogen-bond donors (Lipinski definition) is 2. The molecule has 0 spiro atoms. The molecule has 0 aromatic heterocycles. The van der Waals surface area contributed by atoms with E-state index in [4.69, 9.17) is 14.8 Å². The largest absolute Gasteiger partial charge is 0.488 e. The zero-order chi connectivity index (χ0) is 13.1. The van der Waals surface area contributed by atoms with Crippen LogP contribution in [0.15, 0.2) is 18.2 Å². The Morgan fingerprint density at radius 1 is 1.50 bits per heavy atom. The van der Waals surface area contributed by atoms with Crippen molar-refractivity contribution in [1.82, 2.24) is 4.90 Å². The van der Waals surface area contributed by atoms with Crippen LogP contribution >= 0.6 is 0 Å². The Labute approximate surface area is 106 Å². The summed E-state index contributed by atoms with van der Waals surface area (Å²) in [6, 6.07) is 4.58. The molecule has 1 fully saturated rings. The second-order valence-corrected chi connectivity index (χ2v) is 4.62. The molecule has 1 aliphatic heterocycles. The van der Waals surface area contributed by atoms with Gasteiger partial charge >= 0.3 is 7.12 Å². The third kappa shape index (κ3) is 3.08. The van der Waals surface area contributed by atoms with E-state index >= 15 is 0 Å². The number of rotatable bonds is 3. The lowest BCUT2D eigenvalue weighted by molar-refractivity contribution is -0.00479. The number of morpholine rings is 1. The third-order valence-electron chi connectivity index (χ3n) is 3.25. The van der Waals surface area contributed by atoms with Gasteiger partial charge in [0.2, 0.25) is 0 Å². The molecule has 6 heteroatoms. The molecule has 0 aliphatic carbocycles. The molecule has 4 nitrogen and oxygen atoms in total. The Morgan fingerprint density at radius 2 is 2.28 bits per heavy atom. The third-order valence-corrected chi connectivity index (χ3v) is 3.25. The van der Waals surface area contributed by atoms with Crippen molar-refractivity contribution in [2.24, 2.45) is 0 Å². The summed E-state index contributed by atoms with van der Waals surface area (Å²) in [5.41, 5.74) is 0.736. The van der Waals surface area contributed by atoms with Crippen molar-refractivity contribution in [1.29, 1.82) is 0 Å². The molecule has 1 aromatic carbocycles. The maximum Gasteiger partial charge on any atom is 0.488 e. The SMILES string of the molecule is CC1COCCN1Cc1ccc(B(O)O)cc1F. The Morgan fingerprint density at radius 3 is 2.89 bits per heavy atom. The minimum absolute atomic E-state index is 0.172. The Hall–Kier alpha value is -0.945. The first-order valence-corrected chi connectivity index (χ1v) is 6.04. The van der Waals surface area contributed by atoms with Crippen LogP contribution in [0.1, 0.15) is 12.5 Å². The highest BCUT2D eigenvalue weighted by molar-refractivity contribution is 6.58. The van der Waals surface area contributed by atoms with Gasteiger partial charge in [0.05, 0.1) is 13.2 Å². The zero-order valence-corrected chi connectivity index (χ0v) is 10.3. The quantitative estimate of drug-likeness (QED) is 0.728. The summed E-state index contributed by atoms with van der Waals surface area (Å²) in [6.45, 7) is 4.67. The minimum Gasteiger partial charge on any atom is -0.423 e. The van der Waals surface area contributed by atoms with Crippen LogP contribution in [0.4, 0.5) is 4.39 Å². The Kier molecular flexibility index (Phi) is 4.34. The predicted octanol–water partition coefficient (Wildman–Crippen LogP) is -0.274. The van der Waals surface area contributed by atoms with Crippen LogP contribution in [-0.2, 0) is 11.3 Å². The summed E-state index contributed by atoms with van der Waals surface area (Å²) in [5, 5.41) is 17.9.